The van der Waals surface area contributed by atoms with Crippen LogP contribution in [0.25, 0.3) is 0 Å². The fourth-order valence-corrected chi connectivity index (χ4v) is 1.20. The van der Waals surface area contributed by atoms with Crippen LogP contribution in [-0.4, -0.2) is 50.3 Å². The van der Waals surface area contributed by atoms with Crippen LogP contribution in [0.5, 0.6) is 0 Å². The first kappa shape index (κ1) is 38.2. The topological polar surface area (TPSA) is 113 Å². The van der Waals surface area contributed by atoms with Crippen molar-refractivity contribution in [1.82, 2.24) is 10.6 Å². The van der Waals surface area contributed by atoms with E-state index in [0.717, 1.165) is 59.0 Å². The minimum Gasteiger partial charge on any atom is -0.481 e. The van der Waals surface area contributed by atoms with E-state index in [1.807, 2.05) is 0 Å². The second-order valence-electron chi connectivity index (χ2n) is 4.01. The van der Waals surface area contributed by atoms with Crippen LogP contribution in [0.4, 0.5) is 0 Å². The first-order valence-corrected chi connectivity index (χ1v) is 6.66. The summed E-state index contributed by atoms with van der Waals surface area (Å²) in [4.78, 5) is 9.00. The van der Waals surface area contributed by atoms with E-state index in [0.29, 0.717) is 0 Å². The third-order valence-electron chi connectivity index (χ3n) is 2.07. The first-order chi connectivity index (χ1) is 8.65. The molecule has 142 valence electrons. The van der Waals surface area contributed by atoms with E-state index in [9.17, 15) is 0 Å². The summed E-state index contributed by atoms with van der Waals surface area (Å²) < 4.78 is 0. The van der Waals surface area contributed by atoms with Crippen LogP contribution < -0.4 is 22.1 Å². The lowest BCUT2D eigenvalue weighted by Crippen LogP contribution is -2.22. The Labute approximate surface area is 159 Å². The van der Waals surface area contributed by atoms with Gasteiger partial charge in [0.15, 0.2) is 0 Å². The lowest BCUT2D eigenvalue weighted by molar-refractivity contribution is -0.134. The smallest absolute Gasteiger partial charge is 0.300 e. The van der Waals surface area contributed by atoms with Crippen molar-refractivity contribution >= 4 is 55.6 Å². The molecule has 0 aromatic heterocycles. The number of carbonyl (C=O) groups is 1. The lowest BCUT2D eigenvalue weighted by Gasteiger charge is -2.04. The number of carboxylic acid groups (broad SMARTS) is 1. The predicted octanol–water partition coefficient (Wildman–Crippen LogP) is 1.42. The molecule has 0 aliphatic heterocycles. The average Bonchev–Trinajstić information content (AvgIpc) is 2.31. The minimum absolute atomic E-state index is 0. The molecule has 0 radical (unpaired) electrons. The molecule has 0 saturated heterocycles. The molecule has 22 heavy (non-hydrogen) atoms. The monoisotopic (exact) mass is 406 g/mol. The highest BCUT2D eigenvalue weighted by Crippen LogP contribution is 1.85. The second kappa shape index (κ2) is 37.6. The largest absolute Gasteiger partial charge is 0.481 e. The molecule has 0 aromatic carbocycles. The molecule has 0 saturated carbocycles. The SMILES string of the molecule is CC(=O)O.Cl.Cl.Cl.Cl.NCCCNCCCCNCCCN. The number of nitrogens with two attached hydrogens (primary N) is 2. The van der Waals surface area contributed by atoms with E-state index < -0.39 is 5.97 Å². The summed E-state index contributed by atoms with van der Waals surface area (Å²) in [5.74, 6) is -0.833. The van der Waals surface area contributed by atoms with Crippen molar-refractivity contribution in [2.75, 3.05) is 39.3 Å². The number of hydrogen-bond acceptors (Lipinski definition) is 5. The summed E-state index contributed by atoms with van der Waals surface area (Å²) >= 11 is 0. The van der Waals surface area contributed by atoms with E-state index >= 15 is 0 Å². The molecular formula is C12H34Cl4N4O2. The normalized spacial score (nSPS) is 7.95. The maximum atomic E-state index is 9.00. The third kappa shape index (κ3) is 59.0. The number of halogens is 4. The first-order valence-electron chi connectivity index (χ1n) is 6.66. The third-order valence-corrected chi connectivity index (χ3v) is 2.07. The van der Waals surface area contributed by atoms with Gasteiger partial charge >= 0.3 is 0 Å². The van der Waals surface area contributed by atoms with Gasteiger partial charge in [-0.3, -0.25) is 4.79 Å². The van der Waals surface area contributed by atoms with Gasteiger partial charge in [-0.15, -0.1) is 49.6 Å². The predicted molar refractivity (Wildman–Crippen MR) is 105 cm³/mol. The Kier molecular flexibility index (Phi) is 65.2. The highest BCUT2D eigenvalue weighted by Gasteiger charge is 1.89. The molecule has 0 fully saturated rings. The maximum Gasteiger partial charge on any atom is 0.300 e. The molecule has 7 N–H and O–H groups in total. The molecule has 0 aromatic rings. The van der Waals surface area contributed by atoms with Gasteiger partial charge in [0.25, 0.3) is 5.97 Å². The lowest BCUT2D eigenvalue weighted by atomic mass is 10.3. The summed E-state index contributed by atoms with van der Waals surface area (Å²) in [5, 5.41) is 14.1. The molecule has 0 aliphatic carbocycles. The van der Waals surface area contributed by atoms with Crippen LogP contribution in [0.2, 0.25) is 0 Å². The van der Waals surface area contributed by atoms with Crippen molar-refractivity contribution in [1.29, 1.82) is 0 Å². The Morgan fingerprint density at radius 2 is 1.00 bits per heavy atom. The van der Waals surface area contributed by atoms with E-state index in [4.69, 9.17) is 21.4 Å². The zero-order chi connectivity index (χ0) is 14.1. The van der Waals surface area contributed by atoms with E-state index in [1.54, 1.807) is 0 Å². The van der Waals surface area contributed by atoms with Gasteiger partial charge in [-0.25, -0.2) is 0 Å². The van der Waals surface area contributed by atoms with E-state index in [1.165, 1.54) is 12.8 Å². The van der Waals surface area contributed by atoms with Gasteiger partial charge in [0.2, 0.25) is 0 Å². The molecular weight excluding hydrogens is 374 g/mol. The second-order valence-corrected chi connectivity index (χ2v) is 4.01. The van der Waals surface area contributed by atoms with Gasteiger partial charge in [0, 0.05) is 6.92 Å². The van der Waals surface area contributed by atoms with Crippen LogP contribution in [0.3, 0.4) is 0 Å². The zero-order valence-electron chi connectivity index (χ0n) is 13.2. The van der Waals surface area contributed by atoms with Crippen molar-refractivity contribution in [3.8, 4) is 0 Å². The Hall–Kier alpha value is 0.470. The summed E-state index contributed by atoms with van der Waals surface area (Å²) in [5.41, 5.74) is 10.8. The van der Waals surface area contributed by atoms with Crippen LogP contribution in [0, 0.1) is 0 Å². The number of carboxylic acids is 1. The molecule has 0 rings (SSSR count). The maximum absolute atomic E-state index is 9.00. The molecule has 0 spiro atoms. The van der Waals surface area contributed by atoms with Crippen molar-refractivity contribution in [3.63, 3.8) is 0 Å². The number of unbranched alkanes of at least 4 members (excludes halogenated alkanes) is 1. The highest BCUT2D eigenvalue weighted by molar-refractivity contribution is 5.86. The minimum atomic E-state index is -0.833. The van der Waals surface area contributed by atoms with Gasteiger partial charge in [-0.1, -0.05) is 0 Å². The van der Waals surface area contributed by atoms with Crippen LogP contribution in [0.1, 0.15) is 32.6 Å². The van der Waals surface area contributed by atoms with Crippen LogP contribution in [-0.2, 0) is 4.79 Å². The van der Waals surface area contributed by atoms with Crippen LogP contribution >= 0.6 is 49.6 Å². The van der Waals surface area contributed by atoms with Gasteiger partial charge in [0.1, 0.15) is 0 Å². The fourth-order valence-electron chi connectivity index (χ4n) is 1.20. The highest BCUT2D eigenvalue weighted by atomic mass is 35.5. The summed E-state index contributed by atoms with van der Waals surface area (Å²) in [6, 6.07) is 0. The fraction of sp³-hybridized carbons (Fsp3) is 0.917. The summed E-state index contributed by atoms with van der Waals surface area (Å²) in [7, 11) is 0. The van der Waals surface area contributed by atoms with E-state index in [-0.39, 0.29) is 49.6 Å². The molecule has 6 nitrogen and oxygen atoms in total. The van der Waals surface area contributed by atoms with Gasteiger partial charge in [-0.2, -0.15) is 0 Å². The number of aliphatic carboxylic acids is 1. The Morgan fingerprint density at radius 1 is 0.773 bits per heavy atom. The molecule has 0 amide bonds. The molecule has 10 heteroatoms. The Morgan fingerprint density at radius 3 is 1.23 bits per heavy atom. The van der Waals surface area contributed by atoms with Crippen molar-refractivity contribution in [2.45, 2.75) is 32.6 Å². The molecule has 0 heterocycles. The standard InChI is InChI=1S/C10H26N4.C2H4O2.4ClH/c11-5-3-9-13-7-1-2-8-14-10-4-6-12;1-2(3)4;;;;/h13-14H,1-12H2;1H3,(H,3,4);4*1H. The van der Waals surface area contributed by atoms with E-state index in [2.05, 4.69) is 10.6 Å². The van der Waals surface area contributed by atoms with Crippen molar-refractivity contribution < 1.29 is 9.90 Å². The zero-order valence-corrected chi connectivity index (χ0v) is 16.5. The summed E-state index contributed by atoms with van der Waals surface area (Å²) in [6.45, 7) is 6.98. The summed E-state index contributed by atoms with van der Waals surface area (Å²) in [6.07, 6.45) is 4.63. The van der Waals surface area contributed by atoms with Gasteiger partial charge in [0.05, 0.1) is 0 Å². The average molecular weight is 408 g/mol. The molecule has 0 aliphatic rings. The Balaban J connectivity index is -0.0000000717. The van der Waals surface area contributed by atoms with Gasteiger partial charge in [-0.05, 0) is 65.0 Å². The number of hydrogen-bond donors (Lipinski definition) is 5. The van der Waals surface area contributed by atoms with Gasteiger partial charge < -0.3 is 27.2 Å². The van der Waals surface area contributed by atoms with Crippen LogP contribution in [0.15, 0.2) is 0 Å². The van der Waals surface area contributed by atoms with Crippen molar-refractivity contribution in [3.05, 3.63) is 0 Å². The molecule has 0 unspecified atom stereocenters. The quantitative estimate of drug-likeness (QED) is 0.331. The molecule has 0 atom stereocenters. The Bertz CT molecular complexity index is 167. The molecule has 0 bridgehead atoms. The van der Waals surface area contributed by atoms with Crippen molar-refractivity contribution in [2.24, 2.45) is 11.5 Å². The number of rotatable bonds is 11. The number of nitrogens with one attached hydrogen (secondary N) is 2.